The fraction of sp³-hybridized carbons (Fsp3) is 0.429. The molecule has 0 bridgehead atoms. The third kappa shape index (κ3) is 3.43. The number of carbonyl (C=O) groups is 2. The highest BCUT2D eigenvalue weighted by Crippen LogP contribution is 1.92. The zero-order chi connectivity index (χ0) is 9.72. The van der Waals surface area contributed by atoms with E-state index in [9.17, 15) is 9.59 Å². The number of hydrogen-bond acceptors (Lipinski definition) is 3. The van der Waals surface area contributed by atoms with E-state index in [4.69, 9.17) is 5.11 Å². The van der Waals surface area contributed by atoms with E-state index in [0.717, 1.165) is 0 Å². The average Bonchev–Trinajstić information content (AvgIpc) is 1.98. The van der Waals surface area contributed by atoms with E-state index < -0.39 is 17.9 Å². The largest absolute Gasteiger partial charge is 0.480 e. The fourth-order valence-electron chi connectivity index (χ4n) is 0.467. The molecule has 0 aliphatic rings. The van der Waals surface area contributed by atoms with Crippen LogP contribution in [0.2, 0.25) is 0 Å². The van der Waals surface area contributed by atoms with E-state index in [1.54, 1.807) is 0 Å². The molecule has 0 spiro atoms. The van der Waals surface area contributed by atoms with Crippen molar-refractivity contribution in [3.05, 3.63) is 12.2 Å². The van der Waals surface area contributed by atoms with E-state index in [1.807, 2.05) is 0 Å². The van der Waals surface area contributed by atoms with Gasteiger partial charge in [0.15, 0.2) is 0 Å². The first-order valence-electron chi connectivity index (χ1n) is 3.29. The normalized spacial score (nSPS) is 11.8. The SMILES string of the molecule is C=C(C)C(=O)NC(CS)C(=O)O. The van der Waals surface area contributed by atoms with Gasteiger partial charge in [-0.15, -0.1) is 0 Å². The molecule has 0 saturated heterocycles. The molecule has 0 radical (unpaired) electrons. The zero-order valence-corrected chi connectivity index (χ0v) is 7.60. The highest BCUT2D eigenvalue weighted by atomic mass is 32.1. The number of thiol groups is 1. The molecule has 0 aromatic heterocycles. The van der Waals surface area contributed by atoms with Crippen LogP contribution >= 0.6 is 12.6 Å². The first-order chi connectivity index (χ1) is 5.49. The van der Waals surface area contributed by atoms with Gasteiger partial charge in [0, 0.05) is 11.3 Å². The molecule has 1 atom stereocenters. The minimum absolute atomic E-state index is 0.0638. The smallest absolute Gasteiger partial charge is 0.327 e. The van der Waals surface area contributed by atoms with Crippen LogP contribution in [0.25, 0.3) is 0 Å². The molecule has 1 amide bonds. The Balaban J connectivity index is 4.12. The van der Waals surface area contributed by atoms with Gasteiger partial charge in [-0.1, -0.05) is 6.58 Å². The van der Waals surface area contributed by atoms with Crippen LogP contribution in [0.1, 0.15) is 6.92 Å². The summed E-state index contributed by atoms with van der Waals surface area (Å²) in [5.41, 5.74) is 0.281. The van der Waals surface area contributed by atoms with E-state index in [1.165, 1.54) is 6.92 Å². The van der Waals surface area contributed by atoms with Crippen molar-refractivity contribution in [3.63, 3.8) is 0 Å². The molecule has 68 valence electrons. The molecule has 4 nitrogen and oxygen atoms in total. The number of hydrogen-bond donors (Lipinski definition) is 3. The third-order valence-corrected chi connectivity index (χ3v) is 1.54. The Hall–Kier alpha value is -0.970. The molecule has 0 rings (SSSR count). The topological polar surface area (TPSA) is 66.4 Å². The lowest BCUT2D eigenvalue weighted by molar-refractivity contribution is -0.140. The molecule has 0 aromatic carbocycles. The number of carboxylic acid groups (broad SMARTS) is 1. The molecule has 5 heteroatoms. The lowest BCUT2D eigenvalue weighted by Crippen LogP contribution is -2.42. The molecule has 2 N–H and O–H groups in total. The van der Waals surface area contributed by atoms with Crippen molar-refractivity contribution in [2.75, 3.05) is 5.75 Å². The van der Waals surface area contributed by atoms with E-state index in [0.29, 0.717) is 0 Å². The molecular formula is C7H11NO3S. The molecule has 0 fully saturated rings. The second kappa shape index (κ2) is 4.82. The van der Waals surface area contributed by atoms with Gasteiger partial charge in [-0.25, -0.2) is 4.79 Å². The third-order valence-electron chi connectivity index (χ3n) is 1.17. The van der Waals surface area contributed by atoms with Crippen LogP contribution in [0.4, 0.5) is 0 Å². The summed E-state index contributed by atoms with van der Waals surface area (Å²) in [5, 5.41) is 10.8. The van der Waals surface area contributed by atoms with Crippen molar-refractivity contribution in [2.24, 2.45) is 0 Å². The fourth-order valence-corrected chi connectivity index (χ4v) is 0.714. The van der Waals surface area contributed by atoms with Crippen LogP contribution in [0.5, 0.6) is 0 Å². The van der Waals surface area contributed by atoms with Crippen molar-refractivity contribution in [1.82, 2.24) is 5.32 Å². The number of rotatable bonds is 4. The Kier molecular flexibility index (Phi) is 4.43. The molecule has 0 aromatic rings. The molecular weight excluding hydrogens is 178 g/mol. The van der Waals surface area contributed by atoms with Gasteiger partial charge in [0.25, 0.3) is 0 Å². The average molecular weight is 189 g/mol. The Morgan fingerprint density at radius 3 is 2.42 bits per heavy atom. The van der Waals surface area contributed by atoms with E-state index >= 15 is 0 Å². The predicted octanol–water partition coefficient (Wildman–Crippen LogP) is 0.0617. The van der Waals surface area contributed by atoms with E-state index in [2.05, 4.69) is 24.5 Å². The Labute approximate surface area is 76.1 Å². The van der Waals surface area contributed by atoms with Crippen LogP contribution in [0.15, 0.2) is 12.2 Å². The maximum Gasteiger partial charge on any atom is 0.327 e. The van der Waals surface area contributed by atoms with E-state index in [-0.39, 0.29) is 11.3 Å². The van der Waals surface area contributed by atoms with Crippen molar-refractivity contribution in [1.29, 1.82) is 0 Å². The minimum atomic E-state index is -1.10. The summed E-state index contributed by atoms with van der Waals surface area (Å²) in [6.07, 6.45) is 0. The van der Waals surface area contributed by atoms with Gasteiger partial charge in [0.1, 0.15) is 6.04 Å². The lowest BCUT2D eigenvalue weighted by Gasteiger charge is -2.10. The zero-order valence-electron chi connectivity index (χ0n) is 6.70. The molecule has 0 saturated carbocycles. The van der Waals surface area contributed by atoms with Gasteiger partial charge in [0.2, 0.25) is 5.91 Å². The number of carboxylic acids is 1. The highest BCUT2D eigenvalue weighted by Gasteiger charge is 2.17. The molecule has 0 aliphatic carbocycles. The van der Waals surface area contributed by atoms with Crippen LogP contribution in [-0.2, 0) is 9.59 Å². The predicted molar refractivity (Wildman–Crippen MR) is 48.2 cm³/mol. The molecule has 1 unspecified atom stereocenters. The molecule has 0 aliphatic heterocycles. The maximum atomic E-state index is 10.9. The van der Waals surface area contributed by atoms with Gasteiger partial charge < -0.3 is 10.4 Å². The number of aliphatic carboxylic acids is 1. The van der Waals surface area contributed by atoms with Gasteiger partial charge >= 0.3 is 5.97 Å². The van der Waals surface area contributed by atoms with Crippen LogP contribution in [0, 0.1) is 0 Å². The Bertz CT molecular complexity index is 215. The first kappa shape index (κ1) is 11.0. The first-order valence-corrected chi connectivity index (χ1v) is 3.92. The summed E-state index contributed by atoms with van der Waals surface area (Å²) in [4.78, 5) is 21.3. The van der Waals surface area contributed by atoms with Gasteiger partial charge in [-0.2, -0.15) is 12.6 Å². The molecule has 0 heterocycles. The minimum Gasteiger partial charge on any atom is -0.480 e. The van der Waals surface area contributed by atoms with Gasteiger partial charge in [-0.3, -0.25) is 4.79 Å². The van der Waals surface area contributed by atoms with Crippen molar-refractivity contribution >= 4 is 24.5 Å². The van der Waals surface area contributed by atoms with Crippen LogP contribution in [0.3, 0.4) is 0 Å². The Morgan fingerprint density at radius 1 is 1.67 bits per heavy atom. The van der Waals surface area contributed by atoms with Crippen LogP contribution in [-0.4, -0.2) is 28.8 Å². The highest BCUT2D eigenvalue weighted by molar-refractivity contribution is 7.80. The van der Waals surface area contributed by atoms with Gasteiger partial charge in [-0.05, 0) is 6.92 Å². The number of carbonyl (C=O) groups excluding carboxylic acids is 1. The van der Waals surface area contributed by atoms with Gasteiger partial charge in [0.05, 0.1) is 0 Å². The second-order valence-corrected chi connectivity index (χ2v) is 2.69. The van der Waals surface area contributed by atoms with Crippen molar-refractivity contribution in [3.8, 4) is 0 Å². The number of nitrogens with one attached hydrogen (secondary N) is 1. The summed E-state index contributed by atoms with van der Waals surface area (Å²) < 4.78 is 0. The summed E-state index contributed by atoms with van der Waals surface area (Å²) >= 11 is 3.77. The quantitative estimate of drug-likeness (QED) is 0.433. The second-order valence-electron chi connectivity index (χ2n) is 2.33. The summed E-state index contributed by atoms with van der Waals surface area (Å²) in [6, 6.07) is -0.947. The van der Waals surface area contributed by atoms with Crippen LogP contribution < -0.4 is 5.32 Å². The van der Waals surface area contributed by atoms with Crippen molar-refractivity contribution < 1.29 is 14.7 Å². The standard InChI is InChI=1S/C7H11NO3S/c1-4(2)6(9)8-5(3-12)7(10)11/h5,12H,1,3H2,2H3,(H,8,9)(H,10,11). The maximum absolute atomic E-state index is 10.9. The van der Waals surface area contributed by atoms with Crippen molar-refractivity contribution in [2.45, 2.75) is 13.0 Å². The summed E-state index contributed by atoms with van der Waals surface area (Å²) in [7, 11) is 0. The summed E-state index contributed by atoms with van der Waals surface area (Å²) in [5.74, 6) is -1.50. The number of amides is 1. The Morgan fingerprint density at radius 2 is 2.17 bits per heavy atom. The summed E-state index contributed by atoms with van der Waals surface area (Å²) in [6.45, 7) is 4.88. The monoisotopic (exact) mass is 189 g/mol. The molecule has 12 heavy (non-hydrogen) atoms. The lowest BCUT2D eigenvalue weighted by atomic mass is 10.3.